The van der Waals surface area contributed by atoms with Crippen molar-refractivity contribution in [3.8, 4) is 0 Å². The third-order valence-corrected chi connectivity index (χ3v) is 3.43. The van der Waals surface area contributed by atoms with Crippen molar-refractivity contribution in [3.05, 3.63) is 35.4 Å². The number of fused-ring (bicyclic) bond motifs is 3. The van der Waals surface area contributed by atoms with Crippen LogP contribution in [0.1, 0.15) is 5.56 Å². The Labute approximate surface area is 82.9 Å². The molecule has 1 aliphatic rings. The van der Waals surface area contributed by atoms with Crippen molar-refractivity contribution in [2.24, 2.45) is 0 Å². The molecule has 0 saturated heterocycles. The molecule has 1 aromatic heterocycles. The first-order valence-corrected chi connectivity index (χ1v) is 5.41. The van der Waals surface area contributed by atoms with Gasteiger partial charge in [-0.15, -0.1) is 5.10 Å². The van der Waals surface area contributed by atoms with Crippen molar-refractivity contribution >= 4 is 27.8 Å². The summed E-state index contributed by atoms with van der Waals surface area (Å²) in [6.07, 6.45) is 3.51. The second kappa shape index (κ2) is 2.72. The standard InChI is InChI=1S/C10H6N2OS/c13-14-6-4-8-9(14)2-1-7-3-5-11-12-10(7)8/h1-6H. The highest BCUT2D eigenvalue weighted by atomic mass is 32.2. The fourth-order valence-corrected chi connectivity index (χ4v) is 2.59. The van der Waals surface area contributed by atoms with Gasteiger partial charge in [-0.3, -0.25) is 0 Å². The summed E-state index contributed by atoms with van der Waals surface area (Å²) in [5.41, 5.74) is 1.76. The van der Waals surface area contributed by atoms with E-state index in [1.807, 2.05) is 24.3 Å². The van der Waals surface area contributed by atoms with Gasteiger partial charge in [0.2, 0.25) is 0 Å². The highest BCUT2D eigenvalue weighted by Gasteiger charge is 2.15. The summed E-state index contributed by atoms with van der Waals surface area (Å²) in [7, 11) is -1.00. The van der Waals surface area contributed by atoms with Gasteiger partial charge in [0.05, 0.1) is 21.9 Å². The predicted octanol–water partition coefficient (Wildman–Crippen LogP) is 1.72. The number of hydrogen-bond donors (Lipinski definition) is 0. The van der Waals surface area contributed by atoms with Crippen molar-refractivity contribution < 1.29 is 4.21 Å². The van der Waals surface area contributed by atoms with E-state index in [1.165, 1.54) is 0 Å². The molecule has 1 aromatic carbocycles. The molecule has 0 amide bonds. The lowest BCUT2D eigenvalue weighted by atomic mass is 10.1. The van der Waals surface area contributed by atoms with Crippen LogP contribution in [0.25, 0.3) is 17.0 Å². The molecule has 2 aromatic rings. The maximum atomic E-state index is 11.5. The summed E-state index contributed by atoms with van der Waals surface area (Å²) >= 11 is 0. The lowest BCUT2D eigenvalue weighted by molar-refractivity contribution is 0.689. The van der Waals surface area contributed by atoms with E-state index in [4.69, 9.17) is 0 Å². The minimum Gasteiger partial charge on any atom is -0.250 e. The van der Waals surface area contributed by atoms with E-state index in [-0.39, 0.29) is 0 Å². The first-order chi connectivity index (χ1) is 6.86. The largest absolute Gasteiger partial charge is 0.250 e. The van der Waals surface area contributed by atoms with Crippen LogP contribution in [-0.4, -0.2) is 14.4 Å². The molecule has 0 aliphatic carbocycles. The van der Waals surface area contributed by atoms with Crippen LogP contribution in [0.2, 0.25) is 0 Å². The zero-order chi connectivity index (χ0) is 9.54. The van der Waals surface area contributed by atoms with E-state index >= 15 is 0 Å². The molecule has 3 rings (SSSR count). The van der Waals surface area contributed by atoms with Crippen LogP contribution in [0.3, 0.4) is 0 Å². The molecule has 0 bridgehead atoms. The van der Waals surface area contributed by atoms with E-state index < -0.39 is 10.8 Å². The highest BCUT2D eigenvalue weighted by Crippen LogP contribution is 2.29. The second-order valence-electron chi connectivity index (χ2n) is 3.05. The van der Waals surface area contributed by atoms with Crippen LogP contribution < -0.4 is 0 Å². The summed E-state index contributed by atoms with van der Waals surface area (Å²) < 4.78 is 11.5. The first-order valence-electron chi connectivity index (χ1n) is 4.19. The van der Waals surface area contributed by atoms with Crippen LogP contribution in [-0.2, 0) is 10.8 Å². The maximum Gasteiger partial charge on any atom is 0.101 e. The Morgan fingerprint density at radius 2 is 2.14 bits per heavy atom. The number of hydrogen-bond acceptors (Lipinski definition) is 3. The van der Waals surface area contributed by atoms with E-state index in [0.29, 0.717) is 0 Å². The van der Waals surface area contributed by atoms with Gasteiger partial charge in [0.1, 0.15) is 5.52 Å². The van der Waals surface area contributed by atoms with Crippen LogP contribution >= 0.6 is 0 Å². The van der Waals surface area contributed by atoms with Gasteiger partial charge in [0.15, 0.2) is 0 Å². The molecule has 0 N–H and O–H groups in total. The summed E-state index contributed by atoms with van der Waals surface area (Å²) in [5.74, 6) is 0. The SMILES string of the molecule is O=S1C=Cc2c1ccc1ccnnc21. The molecule has 0 radical (unpaired) electrons. The molecule has 0 spiro atoms. The molecule has 68 valence electrons. The highest BCUT2D eigenvalue weighted by molar-refractivity contribution is 7.88. The van der Waals surface area contributed by atoms with Gasteiger partial charge in [0, 0.05) is 16.4 Å². The van der Waals surface area contributed by atoms with Crippen LogP contribution in [0, 0.1) is 0 Å². The van der Waals surface area contributed by atoms with Gasteiger partial charge >= 0.3 is 0 Å². The Bertz CT molecular complexity index is 577. The third kappa shape index (κ3) is 0.943. The van der Waals surface area contributed by atoms with Gasteiger partial charge in [-0.25, -0.2) is 4.21 Å². The number of benzene rings is 1. The second-order valence-corrected chi connectivity index (χ2v) is 4.35. The monoisotopic (exact) mass is 202 g/mol. The Kier molecular flexibility index (Phi) is 1.52. The Morgan fingerprint density at radius 3 is 3.07 bits per heavy atom. The smallest absolute Gasteiger partial charge is 0.101 e. The summed E-state index contributed by atoms with van der Waals surface area (Å²) in [6.45, 7) is 0. The zero-order valence-electron chi connectivity index (χ0n) is 7.18. The first kappa shape index (κ1) is 7.82. The molecule has 3 nitrogen and oxygen atoms in total. The summed E-state index contributed by atoms with van der Waals surface area (Å²) in [4.78, 5) is 0.831. The molecule has 2 heterocycles. The zero-order valence-corrected chi connectivity index (χ0v) is 7.99. The lowest BCUT2D eigenvalue weighted by Crippen LogP contribution is -1.89. The van der Waals surface area contributed by atoms with E-state index in [0.717, 1.165) is 21.4 Å². The molecule has 0 fully saturated rings. The molecular weight excluding hydrogens is 196 g/mol. The average molecular weight is 202 g/mol. The van der Waals surface area contributed by atoms with Gasteiger partial charge in [-0.1, -0.05) is 6.07 Å². The average Bonchev–Trinajstić information content (AvgIpc) is 2.61. The summed E-state index contributed by atoms with van der Waals surface area (Å²) in [6, 6.07) is 5.71. The number of nitrogens with zero attached hydrogens (tertiary/aromatic N) is 2. The van der Waals surface area contributed by atoms with Gasteiger partial charge in [-0.2, -0.15) is 5.10 Å². The minimum atomic E-state index is -1.00. The quantitative estimate of drug-likeness (QED) is 0.653. The molecule has 4 heteroatoms. The Hall–Kier alpha value is -1.55. The van der Waals surface area contributed by atoms with Crippen molar-refractivity contribution in [3.63, 3.8) is 0 Å². The molecule has 14 heavy (non-hydrogen) atoms. The van der Waals surface area contributed by atoms with Crippen molar-refractivity contribution in [1.29, 1.82) is 0 Å². The fraction of sp³-hybridized carbons (Fsp3) is 0. The minimum absolute atomic E-state index is 0.826. The molecule has 1 unspecified atom stereocenters. The number of aromatic nitrogens is 2. The molecule has 0 saturated carbocycles. The lowest BCUT2D eigenvalue weighted by Gasteiger charge is -2.00. The van der Waals surface area contributed by atoms with Crippen LogP contribution in [0.4, 0.5) is 0 Å². The fourth-order valence-electron chi connectivity index (χ4n) is 1.60. The van der Waals surface area contributed by atoms with Crippen molar-refractivity contribution in [1.82, 2.24) is 10.2 Å². The summed E-state index contributed by atoms with van der Waals surface area (Å²) in [5, 5.41) is 10.6. The Balaban J connectivity index is 2.49. The van der Waals surface area contributed by atoms with Gasteiger partial charge < -0.3 is 0 Å². The maximum absolute atomic E-state index is 11.5. The van der Waals surface area contributed by atoms with Gasteiger partial charge in [-0.05, 0) is 18.2 Å². The van der Waals surface area contributed by atoms with Gasteiger partial charge in [0.25, 0.3) is 0 Å². The molecule has 1 atom stereocenters. The molecular formula is C10H6N2OS. The van der Waals surface area contributed by atoms with Crippen molar-refractivity contribution in [2.45, 2.75) is 4.90 Å². The Morgan fingerprint density at radius 1 is 1.21 bits per heavy atom. The normalized spacial score (nSPS) is 18.7. The van der Waals surface area contributed by atoms with E-state index in [2.05, 4.69) is 10.2 Å². The predicted molar refractivity (Wildman–Crippen MR) is 55.0 cm³/mol. The van der Waals surface area contributed by atoms with Crippen LogP contribution in [0.15, 0.2) is 34.7 Å². The van der Waals surface area contributed by atoms with Crippen LogP contribution in [0.5, 0.6) is 0 Å². The van der Waals surface area contributed by atoms with Crippen molar-refractivity contribution in [2.75, 3.05) is 0 Å². The number of rotatable bonds is 0. The molecule has 1 aliphatic heterocycles. The van der Waals surface area contributed by atoms with E-state index in [9.17, 15) is 4.21 Å². The van der Waals surface area contributed by atoms with E-state index in [1.54, 1.807) is 11.6 Å². The topological polar surface area (TPSA) is 42.9 Å². The third-order valence-electron chi connectivity index (χ3n) is 2.26.